The second kappa shape index (κ2) is 6.54. The van der Waals surface area contributed by atoms with Crippen molar-refractivity contribution in [3.05, 3.63) is 46.5 Å². The van der Waals surface area contributed by atoms with Gasteiger partial charge in [-0.2, -0.15) is 0 Å². The summed E-state index contributed by atoms with van der Waals surface area (Å²) >= 11 is 6.83. The number of amides is 1. The Kier molecular flexibility index (Phi) is 4.49. The Bertz CT molecular complexity index is 697. The Morgan fingerprint density at radius 1 is 1.36 bits per heavy atom. The maximum Gasteiger partial charge on any atom is 0.257 e. The number of fused-ring (bicyclic) bond motifs is 1. The van der Waals surface area contributed by atoms with E-state index >= 15 is 0 Å². The molecule has 1 aliphatic carbocycles. The number of thiocarbonyl (C=S) groups is 1. The summed E-state index contributed by atoms with van der Waals surface area (Å²) in [6.45, 7) is 2.26. The number of hydrogen-bond donors (Lipinski definition) is 2. The van der Waals surface area contributed by atoms with Crippen LogP contribution in [0.4, 0.5) is 5.13 Å². The highest BCUT2D eigenvalue weighted by molar-refractivity contribution is 7.80. The number of nitrogens with zero attached hydrogens (tertiary/aromatic N) is 1. The highest BCUT2D eigenvalue weighted by Gasteiger charge is 2.20. The number of thiazole rings is 1. The predicted molar refractivity (Wildman–Crippen MR) is 93.4 cm³/mol. The Labute approximate surface area is 139 Å². The van der Waals surface area contributed by atoms with Gasteiger partial charge in [0.1, 0.15) is 0 Å². The fourth-order valence-electron chi connectivity index (χ4n) is 2.49. The first-order valence-corrected chi connectivity index (χ1v) is 8.50. The summed E-state index contributed by atoms with van der Waals surface area (Å²) in [5, 5.41) is 6.75. The lowest BCUT2D eigenvalue weighted by Crippen LogP contribution is -2.34. The van der Waals surface area contributed by atoms with Crippen molar-refractivity contribution in [1.29, 1.82) is 0 Å². The van der Waals surface area contributed by atoms with Gasteiger partial charge in [-0.15, -0.1) is 11.3 Å². The van der Waals surface area contributed by atoms with Gasteiger partial charge >= 0.3 is 0 Å². The topological polar surface area (TPSA) is 54.0 Å². The zero-order valence-corrected chi connectivity index (χ0v) is 13.9. The SMILES string of the molecule is C[C@@H]1CCc2nc(NC(=S)NC(=O)c3ccccc3)sc2C1. The van der Waals surface area contributed by atoms with E-state index in [1.165, 1.54) is 17.0 Å². The minimum absolute atomic E-state index is 0.215. The molecule has 0 aliphatic heterocycles. The molecule has 1 aliphatic rings. The summed E-state index contributed by atoms with van der Waals surface area (Å²) in [4.78, 5) is 17.9. The monoisotopic (exact) mass is 331 g/mol. The van der Waals surface area contributed by atoms with Crippen LogP contribution in [0.25, 0.3) is 0 Å². The van der Waals surface area contributed by atoms with Gasteiger partial charge in [-0.25, -0.2) is 4.98 Å². The number of aromatic nitrogens is 1. The van der Waals surface area contributed by atoms with Gasteiger partial charge in [-0.3, -0.25) is 10.1 Å². The van der Waals surface area contributed by atoms with Gasteiger partial charge in [0, 0.05) is 10.4 Å². The molecule has 1 atom stereocenters. The fourth-order valence-corrected chi connectivity index (χ4v) is 3.92. The summed E-state index contributed by atoms with van der Waals surface area (Å²) in [7, 11) is 0. The molecule has 1 heterocycles. The van der Waals surface area contributed by atoms with E-state index in [1.54, 1.807) is 23.5 Å². The Morgan fingerprint density at radius 3 is 2.91 bits per heavy atom. The first kappa shape index (κ1) is 15.1. The second-order valence-electron chi connectivity index (χ2n) is 5.51. The molecule has 1 aromatic heterocycles. The van der Waals surface area contributed by atoms with Crippen LogP contribution in [-0.4, -0.2) is 16.0 Å². The molecule has 0 bridgehead atoms. The average Bonchev–Trinajstić information content (AvgIpc) is 2.89. The van der Waals surface area contributed by atoms with Crippen molar-refractivity contribution in [3.8, 4) is 0 Å². The van der Waals surface area contributed by atoms with Crippen LogP contribution < -0.4 is 10.6 Å². The lowest BCUT2D eigenvalue weighted by molar-refractivity contribution is 0.0978. The molecule has 114 valence electrons. The lowest BCUT2D eigenvalue weighted by Gasteiger charge is -2.15. The Balaban J connectivity index is 1.62. The molecule has 3 rings (SSSR count). The molecule has 0 saturated heterocycles. The quantitative estimate of drug-likeness (QED) is 0.828. The standard InChI is InChI=1S/C16H17N3OS2/c1-10-7-8-12-13(9-10)22-16(17-12)19-15(21)18-14(20)11-5-3-2-4-6-11/h2-6,10H,7-9H2,1H3,(H2,17,18,19,20,21)/t10-/m1/s1. The zero-order valence-electron chi connectivity index (χ0n) is 12.3. The van der Waals surface area contributed by atoms with Crippen LogP contribution in [0.5, 0.6) is 0 Å². The maximum absolute atomic E-state index is 12.0. The molecule has 6 heteroatoms. The molecule has 1 aromatic carbocycles. The number of benzene rings is 1. The first-order valence-electron chi connectivity index (χ1n) is 7.28. The van der Waals surface area contributed by atoms with Gasteiger partial charge in [0.2, 0.25) is 0 Å². The number of rotatable bonds is 2. The van der Waals surface area contributed by atoms with E-state index in [2.05, 4.69) is 22.5 Å². The van der Waals surface area contributed by atoms with Crippen molar-refractivity contribution in [3.63, 3.8) is 0 Å². The molecule has 0 fully saturated rings. The van der Waals surface area contributed by atoms with E-state index in [1.807, 2.05) is 18.2 Å². The number of aryl methyl sites for hydroxylation is 1. The number of carbonyl (C=O) groups is 1. The smallest absolute Gasteiger partial charge is 0.257 e. The van der Waals surface area contributed by atoms with Crippen LogP contribution >= 0.6 is 23.6 Å². The van der Waals surface area contributed by atoms with E-state index in [4.69, 9.17) is 12.2 Å². The van der Waals surface area contributed by atoms with E-state index in [0.717, 1.165) is 18.0 Å². The summed E-state index contributed by atoms with van der Waals surface area (Å²) in [5.74, 6) is 0.499. The molecule has 2 aromatic rings. The van der Waals surface area contributed by atoms with Crippen LogP contribution in [0.1, 0.15) is 34.3 Å². The van der Waals surface area contributed by atoms with Gasteiger partial charge in [-0.05, 0) is 49.5 Å². The van der Waals surface area contributed by atoms with Crippen LogP contribution in [0, 0.1) is 5.92 Å². The number of anilines is 1. The Hall–Kier alpha value is -1.79. The van der Waals surface area contributed by atoms with Crippen molar-refractivity contribution < 1.29 is 4.79 Å². The number of nitrogens with one attached hydrogen (secondary N) is 2. The van der Waals surface area contributed by atoms with Gasteiger partial charge < -0.3 is 5.32 Å². The minimum Gasteiger partial charge on any atom is -0.308 e. The molecule has 0 spiro atoms. The van der Waals surface area contributed by atoms with Gasteiger partial charge in [0.15, 0.2) is 10.2 Å². The van der Waals surface area contributed by atoms with Gasteiger partial charge in [0.05, 0.1) is 5.69 Å². The summed E-state index contributed by atoms with van der Waals surface area (Å²) in [6.07, 6.45) is 3.29. The third-order valence-electron chi connectivity index (χ3n) is 3.67. The average molecular weight is 331 g/mol. The summed E-state index contributed by atoms with van der Waals surface area (Å²) in [6, 6.07) is 9.01. The van der Waals surface area contributed by atoms with Crippen LogP contribution in [0.2, 0.25) is 0 Å². The Morgan fingerprint density at radius 2 is 2.14 bits per heavy atom. The van der Waals surface area contributed by atoms with E-state index in [-0.39, 0.29) is 11.0 Å². The van der Waals surface area contributed by atoms with Gasteiger partial charge in [-0.1, -0.05) is 25.1 Å². The third kappa shape index (κ3) is 3.51. The van der Waals surface area contributed by atoms with Gasteiger partial charge in [0.25, 0.3) is 5.91 Å². The van der Waals surface area contributed by atoms with E-state index < -0.39 is 0 Å². The van der Waals surface area contributed by atoms with E-state index in [9.17, 15) is 4.79 Å². The minimum atomic E-state index is -0.215. The largest absolute Gasteiger partial charge is 0.308 e. The highest BCUT2D eigenvalue weighted by atomic mass is 32.1. The van der Waals surface area contributed by atoms with Crippen molar-refractivity contribution in [1.82, 2.24) is 10.3 Å². The van der Waals surface area contributed by atoms with Crippen LogP contribution in [0.3, 0.4) is 0 Å². The molecule has 1 amide bonds. The number of hydrogen-bond acceptors (Lipinski definition) is 4. The number of carbonyl (C=O) groups excluding carboxylic acids is 1. The van der Waals surface area contributed by atoms with Crippen LogP contribution in [0.15, 0.2) is 30.3 Å². The normalized spacial score (nSPS) is 16.7. The van der Waals surface area contributed by atoms with Crippen molar-refractivity contribution in [2.75, 3.05) is 5.32 Å². The second-order valence-corrected chi connectivity index (χ2v) is 7.00. The van der Waals surface area contributed by atoms with Crippen molar-refractivity contribution in [2.24, 2.45) is 5.92 Å². The molecular weight excluding hydrogens is 314 g/mol. The highest BCUT2D eigenvalue weighted by Crippen LogP contribution is 2.31. The molecule has 0 radical (unpaired) electrons. The first-order chi connectivity index (χ1) is 10.6. The predicted octanol–water partition coefficient (Wildman–Crippen LogP) is 3.39. The molecule has 0 unspecified atom stereocenters. The molecule has 4 nitrogen and oxygen atoms in total. The van der Waals surface area contributed by atoms with Crippen LogP contribution in [-0.2, 0) is 12.8 Å². The zero-order chi connectivity index (χ0) is 15.5. The third-order valence-corrected chi connectivity index (χ3v) is 4.91. The maximum atomic E-state index is 12.0. The molecule has 0 saturated carbocycles. The van der Waals surface area contributed by atoms with E-state index in [0.29, 0.717) is 11.5 Å². The van der Waals surface area contributed by atoms with Crippen molar-refractivity contribution in [2.45, 2.75) is 26.2 Å². The molecule has 22 heavy (non-hydrogen) atoms. The summed E-state index contributed by atoms with van der Waals surface area (Å²) in [5.41, 5.74) is 1.75. The molecular formula is C16H17N3OS2. The molecule has 2 N–H and O–H groups in total. The fraction of sp³-hybridized carbons (Fsp3) is 0.312. The van der Waals surface area contributed by atoms with Crippen molar-refractivity contribution >= 4 is 39.7 Å². The summed E-state index contributed by atoms with van der Waals surface area (Å²) < 4.78 is 0. The lowest BCUT2D eigenvalue weighted by atomic mass is 9.93.